The summed E-state index contributed by atoms with van der Waals surface area (Å²) in [6.07, 6.45) is 12.9. The lowest BCUT2D eigenvalue weighted by atomic mass is 9.77. The smallest absolute Gasteiger partial charge is 0.270 e. The molecule has 1 heterocycles. The minimum absolute atomic E-state index is 0.138. The highest BCUT2D eigenvalue weighted by molar-refractivity contribution is 6.17. The molecular formula is C32H35N3O5. The normalized spacial score (nSPS) is 17.3. The summed E-state index contributed by atoms with van der Waals surface area (Å²) in [5.74, 6) is 1.07. The maximum Gasteiger partial charge on any atom is 0.270 e. The van der Waals surface area contributed by atoms with Crippen molar-refractivity contribution in [1.82, 2.24) is 4.57 Å². The summed E-state index contributed by atoms with van der Waals surface area (Å²) < 4.78 is 1.50. The molecule has 4 aromatic rings. The molecule has 0 amide bonds. The van der Waals surface area contributed by atoms with Gasteiger partial charge in [-0.25, -0.2) is 0 Å². The third-order valence-electron chi connectivity index (χ3n) is 8.55. The van der Waals surface area contributed by atoms with Crippen LogP contribution in [0.5, 0.6) is 0 Å². The van der Waals surface area contributed by atoms with Gasteiger partial charge >= 0.3 is 0 Å². The number of hydrogen-bond donors (Lipinski definition) is 0. The molecule has 0 spiro atoms. The molecule has 0 unspecified atom stereocenters. The minimum atomic E-state index is -0.512. The van der Waals surface area contributed by atoms with E-state index in [2.05, 4.69) is 6.92 Å². The van der Waals surface area contributed by atoms with Crippen LogP contribution in [-0.4, -0.2) is 20.3 Å². The zero-order chi connectivity index (χ0) is 28.2. The summed E-state index contributed by atoms with van der Waals surface area (Å²) in [6, 6.07) is 16.3. The molecule has 3 aromatic carbocycles. The van der Waals surface area contributed by atoms with Gasteiger partial charge in [0.2, 0.25) is 0 Å². The predicted octanol–water partition coefficient (Wildman–Crippen LogP) is 8.93. The van der Waals surface area contributed by atoms with Gasteiger partial charge in [-0.3, -0.25) is 29.6 Å². The molecule has 0 aliphatic heterocycles. The van der Waals surface area contributed by atoms with Crippen LogP contribution in [0.25, 0.3) is 21.8 Å². The molecule has 1 aromatic heterocycles. The standard InChI is InChI=1S/C32H35N3O5/c1-2-3-4-5-6-7-22-8-10-23(11-9-22)24-12-14-25(15-13-24)32(36)33-30-18-16-26(34(37)38)20-28(30)29-21-27(35(39)40)17-19-31(29)33/h12-23H,2-11H2,1H3. The van der Waals surface area contributed by atoms with Crippen LogP contribution in [0.3, 0.4) is 0 Å². The van der Waals surface area contributed by atoms with E-state index >= 15 is 0 Å². The molecule has 8 nitrogen and oxygen atoms in total. The predicted molar refractivity (Wildman–Crippen MR) is 157 cm³/mol. The SMILES string of the molecule is CCCCCCCC1CCC(c2ccc(C(=O)n3c4ccc([N+](=O)[O-])cc4c4cc([N+](=O)[O-])ccc43)cc2)CC1. The first-order chi connectivity index (χ1) is 19.4. The largest absolute Gasteiger partial charge is 0.276 e. The first-order valence-corrected chi connectivity index (χ1v) is 14.4. The molecule has 1 aliphatic carbocycles. The number of unbranched alkanes of at least 4 members (excludes halogenated alkanes) is 4. The van der Waals surface area contributed by atoms with E-state index in [0.717, 1.165) is 5.92 Å². The molecule has 0 bridgehead atoms. The Bertz CT molecular complexity index is 1480. The fourth-order valence-corrected chi connectivity index (χ4v) is 6.29. The molecule has 0 N–H and O–H groups in total. The van der Waals surface area contributed by atoms with E-state index < -0.39 is 9.85 Å². The summed E-state index contributed by atoms with van der Waals surface area (Å²) in [6.45, 7) is 2.25. The molecule has 8 heteroatoms. The van der Waals surface area contributed by atoms with Gasteiger partial charge < -0.3 is 0 Å². The van der Waals surface area contributed by atoms with Gasteiger partial charge in [-0.05, 0) is 67.3 Å². The van der Waals surface area contributed by atoms with Crippen molar-refractivity contribution in [3.63, 3.8) is 0 Å². The van der Waals surface area contributed by atoms with Crippen molar-refractivity contribution in [2.45, 2.75) is 77.0 Å². The number of hydrogen-bond acceptors (Lipinski definition) is 5. The van der Waals surface area contributed by atoms with Crippen molar-refractivity contribution >= 4 is 39.1 Å². The second kappa shape index (κ2) is 12.0. The Morgan fingerprint density at radius 2 is 1.32 bits per heavy atom. The maximum atomic E-state index is 13.8. The fraction of sp³-hybridized carbons (Fsp3) is 0.406. The number of nitrogens with zero attached hydrogens (tertiary/aromatic N) is 3. The van der Waals surface area contributed by atoms with Crippen LogP contribution in [0.15, 0.2) is 60.7 Å². The van der Waals surface area contributed by atoms with Crippen molar-refractivity contribution in [2.24, 2.45) is 5.92 Å². The molecule has 208 valence electrons. The Morgan fingerprint density at radius 3 is 1.85 bits per heavy atom. The van der Waals surface area contributed by atoms with Gasteiger partial charge in [0.25, 0.3) is 17.3 Å². The maximum absolute atomic E-state index is 13.8. The molecule has 1 aliphatic rings. The van der Waals surface area contributed by atoms with Gasteiger partial charge in [-0.15, -0.1) is 0 Å². The van der Waals surface area contributed by atoms with Crippen LogP contribution in [-0.2, 0) is 0 Å². The lowest BCUT2D eigenvalue weighted by Crippen LogP contribution is -2.14. The molecule has 40 heavy (non-hydrogen) atoms. The minimum Gasteiger partial charge on any atom is -0.276 e. The van der Waals surface area contributed by atoms with Gasteiger partial charge in [-0.2, -0.15) is 0 Å². The van der Waals surface area contributed by atoms with Crippen molar-refractivity contribution in [3.05, 3.63) is 92.0 Å². The van der Waals surface area contributed by atoms with Crippen LogP contribution in [0.1, 0.15) is 93.0 Å². The Labute approximate surface area is 233 Å². The molecule has 0 saturated heterocycles. The Balaban J connectivity index is 1.36. The zero-order valence-corrected chi connectivity index (χ0v) is 22.9. The summed E-state index contributed by atoms with van der Waals surface area (Å²) in [5.41, 5.74) is 2.43. The number of aromatic nitrogens is 1. The lowest BCUT2D eigenvalue weighted by molar-refractivity contribution is -0.385. The number of non-ortho nitro benzene ring substituents is 2. The van der Waals surface area contributed by atoms with Crippen molar-refractivity contribution in [3.8, 4) is 0 Å². The Morgan fingerprint density at radius 1 is 0.775 bits per heavy atom. The number of fused-ring (bicyclic) bond motifs is 3. The van der Waals surface area contributed by atoms with E-state index in [9.17, 15) is 25.0 Å². The third-order valence-corrected chi connectivity index (χ3v) is 8.55. The average molecular weight is 542 g/mol. The topological polar surface area (TPSA) is 108 Å². The van der Waals surface area contributed by atoms with Crippen LogP contribution < -0.4 is 0 Å². The summed E-state index contributed by atoms with van der Waals surface area (Å²) in [5, 5.41) is 23.7. The molecule has 0 atom stereocenters. The monoisotopic (exact) mass is 541 g/mol. The van der Waals surface area contributed by atoms with Gasteiger partial charge in [0.1, 0.15) is 0 Å². The molecular weight excluding hydrogens is 506 g/mol. The van der Waals surface area contributed by atoms with E-state index in [4.69, 9.17) is 0 Å². The van der Waals surface area contributed by atoms with Crippen LogP contribution in [0.2, 0.25) is 0 Å². The number of nitro groups is 2. The number of rotatable bonds is 10. The first-order valence-electron chi connectivity index (χ1n) is 14.4. The first kappa shape index (κ1) is 27.5. The average Bonchev–Trinajstić information content (AvgIpc) is 3.30. The second-order valence-corrected chi connectivity index (χ2v) is 11.1. The highest BCUT2D eigenvalue weighted by Crippen LogP contribution is 2.38. The van der Waals surface area contributed by atoms with Gasteiger partial charge in [0.15, 0.2) is 0 Å². The molecule has 1 saturated carbocycles. The van der Waals surface area contributed by atoms with Gasteiger partial charge in [-0.1, -0.05) is 57.6 Å². The number of benzene rings is 3. The van der Waals surface area contributed by atoms with E-state index in [1.807, 2.05) is 24.3 Å². The van der Waals surface area contributed by atoms with Crippen LogP contribution in [0.4, 0.5) is 11.4 Å². The summed E-state index contributed by atoms with van der Waals surface area (Å²) in [7, 11) is 0. The van der Waals surface area contributed by atoms with E-state index in [1.165, 1.54) is 111 Å². The molecule has 0 radical (unpaired) electrons. The third kappa shape index (κ3) is 5.62. The highest BCUT2D eigenvalue weighted by atomic mass is 16.6. The summed E-state index contributed by atoms with van der Waals surface area (Å²) in [4.78, 5) is 35.5. The van der Waals surface area contributed by atoms with Crippen molar-refractivity contribution in [1.29, 1.82) is 0 Å². The van der Waals surface area contributed by atoms with E-state index in [-0.39, 0.29) is 17.3 Å². The second-order valence-electron chi connectivity index (χ2n) is 11.1. The van der Waals surface area contributed by atoms with Gasteiger partial charge in [0.05, 0.1) is 20.9 Å². The van der Waals surface area contributed by atoms with E-state index in [0.29, 0.717) is 33.3 Å². The van der Waals surface area contributed by atoms with Gasteiger partial charge in [0, 0.05) is 40.6 Å². The van der Waals surface area contributed by atoms with Crippen molar-refractivity contribution in [2.75, 3.05) is 0 Å². The lowest BCUT2D eigenvalue weighted by Gasteiger charge is -2.29. The Hall–Kier alpha value is -4.07. The quantitative estimate of drug-likeness (QED) is 0.113. The van der Waals surface area contributed by atoms with Crippen molar-refractivity contribution < 1.29 is 14.6 Å². The van der Waals surface area contributed by atoms with Crippen LogP contribution in [0, 0.1) is 26.1 Å². The van der Waals surface area contributed by atoms with E-state index in [1.54, 1.807) is 0 Å². The Kier molecular flexibility index (Phi) is 8.24. The molecule has 5 rings (SSSR count). The molecule has 1 fully saturated rings. The fourth-order valence-electron chi connectivity index (χ4n) is 6.29. The number of carbonyl (C=O) groups is 1. The van der Waals surface area contributed by atoms with Crippen LogP contribution >= 0.6 is 0 Å². The number of carbonyl (C=O) groups excluding carboxylic acids is 1. The highest BCUT2D eigenvalue weighted by Gasteiger charge is 2.24. The number of nitro benzene ring substituents is 2. The summed E-state index contributed by atoms with van der Waals surface area (Å²) >= 11 is 0. The zero-order valence-electron chi connectivity index (χ0n) is 22.9.